The fourth-order valence-corrected chi connectivity index (χ4v) is 1.90. The summed E-state index contributed by atoms with van der Waals surface area (Å²) in [5.74, 6) is 0.117. The molecule has 0 amide bonds. The first-order valence-corrected chi connectivity index (χ1v) is 7.75. The van der Waals surface area contributed by atoms with Gasteiger partial charge in [0.2, 0.25) is 5.75 Å². The molecule has 0 unspecified atom stereocenters. The highest BCUT2D eigenvalue weighted by atomic mass is 16.6. The van der Waals surface area contributed by atoms with Crippen molar-refractivity contribution in [3.63, 3.8) is 0 Å². The molecule has 24 heavy (non-hydrogen) atoms. The molecule has 0 saturated heterocycles. The summed E-state index contributed by atoms with van der Waals surface area (Å²) in [7, 11) is 2.91. The number of benzene rings is 1. The Bertz CT molecular complexity index is 555. The lowest BCUT2D eigenvalue weighted by molar-refractivity contribution is -0.138. The fraction of sp³-hybridized carbons (Fsp3) is 0.444. The quantitative estimate of drug-likeness (QED) is 0.299. The van der Waals surface area contributed by atoms with E-state index in [1.54, 1.807) is 18.2 Å². The molecule has 1 rings (SSSR count). The van der Waals surface area contributed by atoms with Crippen LogP contribution in [0, 0.1) is 5.92 Å². The monoisotopic (exact) mass is 336 g/mol. The minimum absolute atomic E-state index is 0.155. The zero-order valence-electron chi connectivity index (χ0n) is 14.5. The Labute approximate surface area is 142 Å². The Morgan fingerprint density at radius 3 is 2.17 bits per heavy atom. The van der Waals surface area contributed by atoms with Gasteiger partial charge in [0.05, 0.1) is 20.8 Å². The van der Waals surface area contributed by atoms with E-state index >= 15 is 0 Å². The molecule has 6 nitrogen and oxygen atoms in total. The number of para-hydroxylation sites is 1. The molecular formula is C18H24O6. The van der Waals surface area contributed by atoms with Crippen molar-refractivity contribution in [2.45, 2.75) is 26.7 Å². The van der Waals surface area contributed by atoms with E-state index < -0.39 is 11.9 Å². The highest BCUT2D eigenvalue weighted by Gasteiger charge is 2.14. The van der Waals surface area contributed by atoms with E-state index in [1.807, 2.05) is 0 Å². The van der Waals surface area contributed by atoms with Crippen LogP contribution >= 0.6 is 0 Å². The predicted octanol–water partition coefficient (Wildman–Crippen LogP) is 3.14. The molecule has 0 saturated carbocycles. The third-order valence-corrected chi connectivity index (χ3v) is 3.11. The maximum absolute atomic E-state index is 11.8. The Hall–Kier alpha value is -2.50. The standard InChI is InChI=1S/C18H24O6/c1-13(2)7-6-12-23-16(19)10-11-17(20)24-18-14(21-3)8-5-9-15(18)22-4/h5,8-11,13H,6-7,12H2,1-4H3/b11-10+. The molecule has 0 atom stereocenters. The molecule has 1 aromatic carbocycles. The molecule has 0 aliphatic heterocycles. The molecule has 6 heteroatoms. The lowest BCUT2D eigenvalue weighted by Gasteiger charge is -2.11. The van der Waals surface area contributed by atoms with Crippen molar-refractivity contribution in [2.75, 3.05) is 20.8 Å². The van der Waals surface area contributed by atoms with Gasteiger partial charge >= 0.3 is 11.9 Å². The van der Waals surface area contributed by atoms with E-state index in [4.69, 9.17) is 18.9 Å². The van der Waals surface area contributed by atoms with Crippen molar-refractivity contribution >= 4 is 11.9 Å². The zero-order chi connectivity index (χ0) is 17.9. The summed E-state index contributed by atoms with van der Waals surface area (Å²) in [5, 5.41) is 0. The van der Waals surface area contributed by atoms with Crippen molar-refractivity contribution in [2.24, 2.45) is 5.92 Å². The maximum Gasteiger partial charge on any atom is 0.336 e. The molecule has 0 heterocycles. The highest BCUT2D eigenvalue weighted by molar-refractivity contribution is 5.93. The van der Waals surface area contributed by atoms with E-state index in [0.29, 0.717) is 24.0 Å². The number of ether oxygens (including phenoxy) is 4. The van der Waals surface area contributed by atoms with Gasteiger partial charge in [0, 0.05) is 12.2 Å². The van der Waals surface area contributed by atoms with E-state index in [0.717, 1.165) is 25.0 Å². The van der Waals surface area contributed by atoms with Crippen LogP contribution in [-0.4, -0.2) is 32.8 Å². The Morgan fingerprint density at radius 1 is 1.04 bits per heavy atom. The number of carbonyl (C=O) groups excluding carboxylic acids is 2. The van der Waals surface area contributed by atoms with Crippen LogP contribution in [0.2, 0.25) is 0 Å². The molecule has 0 N–H and O–H groups in total. The van der Waals surface area contributed by atoms with Crippen molar-refractivity contribution in [1.29, 1.82) is 0 Å². The van der Waals surface area contributed by atoms with E-state index in [-0.39, 0.29) is 5.75 Å². The highest BCUT2D eigenvalue weighted by Crippen LogP contribution is 2.36. The Balaban J connectivity index is 2.55. The second-order valence-corrected chi connectivity index (χ2v) is 5.45. The van der Waals surface area contributed by atoms with Crippen LogP contribution < -0.4 is 14.2 Å². The van der Waals surface area contributed by atoms with Crippen LogP contribution in [0.4, 0.5) is 0 Å². The normalized spacial score (nSPS) is 10.7. The third kappa shape index (κ3) is 6.73. The SMILES string of the molecule is COc1cccc(OC)c1OC(=O)/C=C/C(=O)OCCCC(C)C. The van der Waals surface area contributed by atoms with Gasteiger partial charge in [-0.15, -0.1) is 0 Å². The summed E-state index contributed by atoms with van der Waals surface area (Å²) in [5.41, 5.74) is 0. The first-order valence-electron chi connectivity index (χ1n) is 7.75. The number of hydrogen-bond donors (Lipinski definition) is 0. The largest absolute Gasteiger partial charge is 0.493 e. The smallest absolute Gasteiger partial charge is 0.336 e. The predicted molar refractivity (Wildman–Crippen MR) is 89.4 cm³/mol. The summed E-state index contributed by atoms with van der Waals surface area (Å²) < 4.78 is 20.4. The number of methoxy groups -OCH3 is 2. The van der Waals surface area contributed by atoms with Crippen molar-refractivity contribution < 1.29 is 28.5 Å². The lowest BCUT2D eigenvalue weighted by Crippen LogP contribution is -2.09. The topological polar surface area (TPSA) is 71.1 Å². The molecule has 1 aromatic rings. The van der Waals surface area contributed by atoms with Crippen LogP contribution in [0.1, 0.15) is 26.7 Å². The molecule has 0 spiro atoms. The molecule has 0 bridgehead atoms. The molecular weight excluding hydrogens is 312 g/mol. The summed E-state index contributed by atoms with van der Waals surface area (Å²) in [6, 6.07) is 4.98. The molecule has 0 fully saturated rings. The van der Waals surface area contributed by atoms with E-state index in [2.05, 4.69) is 13.8 Å². The van der Waals surface area contributed by atoms with Gasteiger partial charge in [-0.25, -0.2) is 9.59 Å². The van der Waals surface area contributed by atoms with Crippen LogP contribution in [0.3, 0.4) is 0 Å². The van der Waals surface area contributed by atoms with Crippen molar-refractivity contribution in [1.82, 2.24) is 0 Å². The van der Waals surface area contributed by atoms with Gasteiger partial charge in [0.1, 0.15) is 0 Å². The molecule has 0 aliphatic rings. The van der Waals surface area contributed by atoms with Gasteiger partial charge in [-0.1, -0.05) is 19.9 Å². The van der Waals surface area contributed by atoms with Gasteiger partial charge in [-0.2, -0.15) is 0 Å². The lowest BCUT2D eigenvalue weighted by atomic mass is 10.1. The van der Waals surface area contributed by atoms with E-state index in [9.17, 15) is 9.59 Å². The number of rotatable bonds is 9. The second-order valence-electron chi connectivity index (χ2n) is 5.45. The van der Waals surface area contributed by atoms with Crippen molar-refractivity contribution in [3.05, 3.63) is 30.4 Å². The molecule has 0 aromatic heterocycles. The summed E-state index contributed by atoms with van der Waals surface area (Å²) >= 11 is 0. The second kappa shape index (κ2) is 10.3. The maximum atomic E-state index is 11.8. The van der Waals surface area contributed by atoms with Crippen LogP contribution in [0.5, 0.6) is 17.2 Å². The van der Waals surface area contributed by atoms with Crippen LogP contribution in [0.25, 0.3) is 0 Å². The first-order chi connectivity index (χ1) is 11.5. The first kappa shape index (κ1) is 19.5. The molecule has 132 valence electrons. The van der Waals surface area contributed by atoms with Crippen molar-refractivity contribution in [3.8, 4) is 17.2 Å². The van der Waals surface area contributed by atoms with Gasteiger partial charge in [-0.05, 0) is 30.9 Å². The average Bonchev–Trinajstić information content (AvgIpc) is 2.56. The Morgan fingerprint density at radius 2 is 1.62 bits per heavy atom. The minimum atomic E-state index is -0.725. The fourth-order valence-electron chi connectivity index (χ4n) is 1.90. The molecule has 0 aliphatic carbocycles. The molecule has 0 radical (unpaired) electrons. The van der Waals surface area contributed by atoms with Gasteiger partial charge in [-0.3, -0.25) is 0 Å². The number of esters is 2. The number of hydrogen-bond acceptors (Lipinski definition) is 6. The summed E-state index contributed by atoms with van der Waals surface area (Å²) in [6.45, 7) is 4.53. The number of carbonyl (C=O) groups is 2. The van der Waals surface area contributed by atoms with Crippen LogP contribution in [0.15, 0.2) is 30.4 Å². The van der Waals surface area contributed by atoms with E-state index in [1.165, 1.54) is 14.2 Å². The Kier molecular flexibility index (Phi) is 8.39. The average molecular weight is 336 g/mol. The zero-order valence-corrected chi connectivity index (χ0v) is 14.5. The third-order valence-electron chi connectivity index (χ3n) is 3.11. The van der Waals surface area contributed by atoms with Gasteiger partial charge < -0.3 is 18.9 Å². The van der Waals surface area contributed by atoms with Gasteiger partial charge in [0.15, 0.2) is 11.5 Å². The van der Waals surface area contributed by atoms with Gasteiger partial charge in [0.25, 0.3) is 0 Å². The summed E-state index contributed by atoms with van der Waals surface area (Å²) in [6.07, 6.45) is 3.82. The van der Waals surface area contributed by atoms with Crippen LogP contribution in [-0.2, 0) is 14.3 Å². The minimum Gasteiger partial charge on any atom is -0.493 e. The summed E-state index contributed by atoms with van der Waals surface area (Å²) in [4.78, 5) is 23.4.